The minimum atomic E-state index is -0.167. The number of likely N-dealkylation sites (tertiary alicyclic amines) is 1. The van der Waals surface area contributed by atoms with Crippen LogP contribution in [0.25, 0.3) is 0 Å². The topological polar surface area (TPSA) is 49.9 Å². The molecule has 1 aliphatic heterocycles. The normalized spacial score (nSPS) is 14.4. The third kappa shape index (κ3) is 5.42. The van der Waals surface area contributed by atoms with E-state index in [2.05, 4.69) is 40.7 Å². The van der Waals surface area contributed by atoms with Crippen molar-refractivity contribution in [1.29, 1.82) is 0 Å². The highest BCUT2D eigenvalue weighted by Crippen LogP contribution is 2.24. The van der Waals surface area contributed by atoms with Crippen molar-refractivity contribution in [1.82, 2.24) is 4.90 Å². The van der Waals surface area contributed by atoms with Crippen molar-refractivity contribution in [2.24, 2.45) is 5.92 Å². The molecule has 30 heavy (non-hydrogen) atoms. The lowest BCUT2D eigenvalue weighted by Crippen LogP contribution is -2.40. The monoisotopic (exact) mass is 472 g/mol. The van der Waals surface area contributed by atoms with E-state index >= 15 is 0 Å². The molecule has 0 bridgehead atoms. The molecule has 3 rings (SSSR count). The van der Waals surface area contributed by atoms with E-state index in [-0.39, 0.29) is 24.4 Å². The summed E-state index contributed by atoms with van der Waals surface area (Å²) in [6.07, 6.45) is 1.28. The fourth-order valence-electron chi connectivity index (χ4n) is 3.87. The first-order valence-electron chi connectivity index (χ1n) is 10.6. The molecule has 1 heterocycles. The zero-order valence-electron chi connectivity index (χ0n) is 17.6. The highest BCUT2D eigenvalue weighted by molar-refractivity contribution is 9.10. The number of carbonyl (C=O) groups excluding carboxylic acids is 2. The number of hydrogen-bond acceptors (Lipinski definition) is 4. The van der Waals surface area contributed by atoms with Gasteiger partial charge in [0.15, 0.2) is 0 Å². The van der Waals surface area contributed by atoms with Gasteiger partial charge in [-0.3, -0.25) is 9.59 Å². The second kappa shape index (κ2) is 10.6. The van der Waals surface area contributed by atoms with Crippen LogP contribution >= 0.6 is 15.9 Å². The van der Waals surface area contributed by atoms with Gasteiger partial charge in [0.05, 0.1) is 5.92 Å². The molecular formula is C24H29BrN2O3. The molecule has 160 valence electrons. The van der Waals surface area contributed by atoms with Gasteiger partial charge in [0.1, 0.15) is 6.61 Å². The van der Waals surface area contributed by atoms with E-state index in [1.165, 1.54) is 0 Å². The number of nitrogens with zero attached hydrogens (tertiary/aromatic N) is 2. The summed E-state index contributed by atoms with van der Waals surface area (Å²) in [4.78, 5) is 29.4. The van der Waals surface area contributed by atoms with Gasteiger partial charge in [-0.25, -0.2) is 0 Å². The summed E-state index contributed by atoms with van der Waals surface area (Å²) in [5, 5.41) is 0. The van der Waals surface area contributed by atoms with Crippen LogP contribution in [0.5, 0.6) is 0 Å². The zero-order chi connectivity index (χ0) is 21.5. The number of anilines is 1. The smallest absolute Gasteiger partial charge is 0.309 e. The number of benzene rings is 2. The van der Waals surface area contributed by atoms with Gasteiger partial charge < -0.3 is 14.5 Å². The average molecular weight is 473 g/mol. The van der Waals surface area contributed by atoms with Crippen molar-refractivity contribution in [2.75, 3.05) is 31.1 Å². The predicted octanol–water partition coefficient (Wildman–Crippen LogP) is 4.89. The number of halogens is 1. The number of amides is 1. The maximum Gasteiger partial charge on any atom is 0.309 e. The number of para-hydroxylation sites is 1. The summed E-state index contributed by atoms with van der Waals surface area (Å²) >= 11 is 3.39. The number of carbonyl (C=O) groups is 2. The number of hydrogen-bond donors (Lipinski definition) is 0. The van der Waals surface area contributed by atoms with Gasteiger partial charge in [0.25, 0.3) is 5.91 Å². The second-order valence-electron chi connectivity index (χ2n) is 7.48. The van der Waals surface area contributed by atoms with Crippen LogP contribution in [0.15, 0.2) is 53.0 Å². The molecule has 0 aromatic heterocycles. The maximum atomic E-state index is 12.6. The Labute approximate surface area is 187 Å². The molecule has 1 saturated heterocycles. The van der Waals surface area contributed by atoms with Gasteiger partial charge in [-0.05, 0) is 57.0 Å². The van der Waals surface area contributed by atoms with Crippen molar-refractivity contribution < 1.29 is 14.3 Å². The van der Waals surface area contributed by atoms with E-state index in [0.29, 0.717) is 31.5 Å². The van der Waals surface area contributed by atoms with Gasteiger partial charge >= 0.3 is 5.97 Å². The molecule has 0 aliphatic carbocycles. The van der Waals surface area contributed by atoms with E-state index in [9.17, 15) is 9.59 Å². The Hall–Kier alpha value is -2.34. The molecular weight excluding hydrogens is 444 g/mol. The molecule has 1 fully saturated rings. The van der Waals surface area contributed by atoms with E-state index < -0.39 is 0 Å². The first kappa shape index (κ1) is 22.3. The van der Waals surface area contributed by atoms with Crippen LogP contribution in [0.2, 0.25) is 0 Å². The van der Waals surface area contributed by atoms with Crippen LogP contribution in [0.3, 0.4) is 0 Å². The molecule has 5 nitrogen and oxygen atoms in total. The molecule has 0 unspecified atom stereocenters. The highest BCUT2D eigenvalue weighted by Gasteiger charge is 2.29. The first-order chi connectivity index (χ1) is 14.5. The fraction of sp³-hybridized carbons (Fsp3) is 0.417. The van der Waals surface area contributed by atoms with E-state index in [0.717, 1.165) is 28.8 Å². The Bertz CT molecular complexity index is 857. The lowest BCUT2D eigenvalue weighted by molar-refractivity contribution is -0.151. The standard InChI is InChI=1S/C24H29BrN2O3/c1-3-26(4-2)22-8-6-5-7-20(22)17-30-24(29)19-13-15-27(16-14-19)23(28)18-9-11-21(25)12-10-18/h5-12,19H,3-4,13-17H2,1-2H3. The fourth-order valence-corrected chi connectivity index (χ4v) is 4.13. The Morgan fingerprint density at radius 3 is 2.30 bits per heavy atom. The maximum absolute atomic E-state index is 12.6. The van der Waals surface area contributed by atoms with Gasteiger partial charge in [0, 0.05) is 47.5 Å². The molecule has 6 heteroatoms. The molecule has 0 N–H and O–H groups in total. The van der Waals surface area contributed by atoms with E-state index in [1.54, 1.807) is 0 Å². The molecule has 1 amide bonds. The number of piperidine rings is 1. The number of rotatable bonds is 7. The third-order valence-electron chi connectivity index (χ3n) is 5.67. The van der Waals surface area contributed by atoms with Crippen molar-refractivity contribution in [3.05, 3.63) is 64.1 Å². The highest BCUT2D eigenvalue weighted by atomic mass is 79.9. The van der Waals surface area contributed by atoms with Crippen molar-refractivity contribution in [2.45, 2.75) is 33.3 Å². The van der Waals surface area contributed by atoms with Crippen LogP contribution in [0.4, 0.5) is 5.69 Å². The summed E-state index contributed by atoms with van der Waals surface area (Å²) in [6.45, 7) is 7.49. The van der Waals surface area contributed by atoms with E-state index in [4.69, 9.17) is 4.74 Å². The van der Waals surface area contributed by atoms with Crippen LogP contribution < -0.4 is 4.90 Å². The van der Waals surface area contributed by atoms with Crippen molar-refractivity contribution in [3.8, 4) is 0 Å². The van der Waals surface area contributed by atoms with Crippen molar-refractivity contribution in [3.63, 3.8) is 0 Å². The lowest BCUT2D eigenvalue weighted by atomic mass is 9.96. The molecule has 0 atom stereocenters. The molecule has 0 spiro atoms. The SMILES string of the molecule is CCN(CC)c1ccccc1COC(=O)C1CCN(C(=O)c2ccc(Br)cc2)CC1. The largest absolute Gasteiger partial charge is 0.461 e. The summed E-state index contributed by atoms with van der Waals surface area (Å²) in [6, 6.07) is 15.4. The van der Waals surface area contributed by atoms with Crippen LogP contribution in [0.1, 0.15) is 42.6 Å². The molecule has 1 aliphatic rings. The molecule has 2 aromatic carbocycles. The Morgan fingerprint density at radius 2 is 1.67 bits per heavy atom. The molecule has 0 radical (unpaired) electrons. The minimum Gasteiger partial charge on any atom is -0.461 e. The van der Waals surface area contributed by atoms with Crippen LogP contribution in [0, 0.1) is 5.92 Å². The summed E-state index contributed by atoms with van der Waals surface area (Å²) < 4.78 is 6.61. The molecule has 0 saturated carbocycles. The zero-order valence-corrected chi connectivity index (χ0v) is 19.2. The summed E-state index contributed by atoms with van der Waals surface area (Å²) in [5.41, 5.74) is 2.81. The van der Waals surface area contributed by atoms with Crippen LogP contribution in [-0.4, -0.2) is 43.0 Å². The predicted molar refractivity (Wildman–Crippen MR) is 123 cm³/mol. The average Bonchev–Trinajstić information content (AvgIpc) is 2.79. The summed E-state index contributed by atoms with van der Waals surface area (Å²) in [7, 11) is 0. The van der Waals surface area contributed by atoms with Gasteiger partial charge in [-0.1, -0.05) is 34.1 Å². The molecule has 2 aromatic rings. The van der Waals surface area contributed by atoms with Crippen molar-refractivity contribution >= 4 is 33.5 Å². The minimum absolute atomic E-state index is 0.0162. The quantitative estimate of drug-likeness (QED) is 0.538. The van der Waals surface area contributed by atoms with Crippen LogP contribution in [-0.2, 0) is 16.1 Å². The van der Waals surface area contributed by atoms with Gasteiger partial charge in [-0.15, -0.1) is 0 Å². The Balaban J connectivity index is 1.53. The van der Waals surface area contributed by atoms with Gasteiger partial charge in [0.2, 0.25) is 0 Å². The number of esters is 1. The number of ether oxygens (including phenoxy) is 1. The van der Waals surface area contributed by atoms with E-state index in [1.807, 2.05) is 47.4 Å². The third-order valence-corrected chi connectivity index (χ3v) is 6.20. The lowest BCUT2D eigenvalue weighted by Gasteiger charge is -2.31. The Kier molecular flexibility index (Phi) is 7.91. The first-order valence-corrected chi connectivity index (χ1v) is 11.4. The second-order valence-corrected chi connectivity index (χ2v) is 8.40. The Morgan fingerprint density at radius 1 is 1.03 bits per heavy atom. The summed E-state index contributed by atoms with van der Waals surface area (Å²) in [5.74, 6) is -0.304. The van der Waals surface area contributed by atoms with Gasteiger partial charge in [-0.2, -0.15) is 0 Å².